The summed E-state index contributed by atoms with van der Waals surface area (Å²) in [4.78, 5) is 14.4. The lowest BCUT2D eigenvalue weighted by molar-refractivity contribution is -0.138. The van der Waals surface area contributed by atoms with Crippen LogP contribution in [-0.4, -0.2) is 22.1 Å². The van der Waals surface area contributed by atoms with E-state index in [9.17, 15) is 4.79 Å². The first-order valence-electron chi connectivity index (χ1n) is 3.88. The molecule has 0 radical (unpaired) electrons. The summed E-state index contributed by atoms with van der Waals surface area (Å²) in [5, 5.41) is 8.62. The van der Waals surface area contributed by atoms with Crippen molar-refractivity contribution in [1.29, 1.82) is 0 Å². The van der Waals surface area contributed by atoms with Crippen molar-refractivity contribution < 1.29 is 9.90 Å². The molecule has 0 aliphatic carbocycles. The fraction of sp³-hybridized carbons (Fsp3) is 0.250. The molecule has 0 bridgehead atoms. The third-order valence-corrected chi connectivity index (χ3v) is 2.64. The second-order valence-corrected chi connectivity index (χ2v) is 4.01. The fourth-order valence-corrected chi connectivity index (χ4v) is 1.48. The van der Waals surface area contributed by atoms with E-state index >= 15 is 0 Å². The minimum Gasteiger partial charge on any atom is -0.480 e. The van der Waals surface area contributed by atoms with Gasteiger partial charge in [0, 0.05) is 18.8 Å². The van der Waals surface area contributed by atoms with Crippen LogP contribution in [0.15, 0.2) is 12.4 Å². The molecule has 1 aromatic heterocycles. The molecule has 5 nitrogen and oxygen atoms in total. The normalized spacial score (nSPS) is 12.4. The van der Waals surface area contributed by atoms with Gasteiger partial charge in [-0.3, -0.25) is 9.78 Å². The number of hydrogen-bond donors (Lipinski definition) is 3. The molecule has 1 rings (SSSR count). The molecule has 1 aromatic rings. The summed E-state index contributed by atoms with van der Waals surface area (Å²) in [7, 11) is 0. The van der Waals surface area contributed by atoms with E-state index in [0.717, 1.165) is 3.57 Å². The predicted molar refractivity (Wildman–Crippen MR) is 60.7 cm³/mol. The predicted octanol–water partition coefficient (Wildman–Crippen LogP) is 0.223. The summed E-state index contributed by atoms with van der Waals surface area (Å²) >= 11 is 2.04. The first-order valence-corrected chi connectivity index (χ1v) is 4.96. The zero-order valence-electron chi connectivity index (χ0n) is 7.27. The van der Waals surface area contributed by atoms with Crippen molar-refractivity contribution in [1.82, 2.24) is 4.98 Å². The summed E-state index contributed by atoms with van der Waals surface area (Å²) in [5.41, 5.74) is 12.3. The third kappa shape index (κ3) is 2.55. The quantitative estimate of drug-likeness (QED) is 0.693. The minimum atomic E-state index is -1.04. The second kappa shape index (κ2) is 4.56. The maximum Gasteiger partial charge on any atom is 0.320 e. The topological polar surface area (TPSA) is 102 Å². The van der Waals surface area contributed by atoms with Crippen molar-refractivity contribution in [3.8, 4) is 0 Å². The monoisotopic (exact) mass is 307 g/mol. The Bertz CT molecular complexity index is 356. The summed E-state index contributed by atoms with van der Waals surface area (Å²) in [5.74, 6) is -1.04. The van der Waals surface area contributed by atoms with E-state index in [1.807, 2.05) is 22.6 Å². The molecule has 0 saturated heterocycles. The Labute approximate surface area is 94.6 Å². The molecule has 0 saturated carbocycles. The van der Waals surface area contributed by atoms with E-state index in [0.29, 0.717) is 11.3 Å². The van der Waals surface area contributed by atoms with Crippen molar-refractivity contribution in [3.63, 3.8) is 0 Å². The maximum atomic E-state index is 10.5. The Morgan fingerprint density at radius 2 is 2.29 bits per heavy atom. The average Bonchev–Trinajstić information content (AvgIpc) is 2.12. The number of carboxylic acids is 1. The van der Waals surface area contributed by atoms with Gasteiger partial charge < -0.3 is 16.6 Å². The zero-order chi connectivity index (χ0) is 10.7. The van der Waals surface area contributed by atoms with Crippen LogP contribution in [0.1, 0.15) is 5.56 Å². The van der Waals surface area contributed by atoms with E-state index in [1.54, 1.807) is 12.4 Å². The molecule has 0 fully saturated rings. The van der Waals surface area contributed by atoms with Gasteiger partial charge in [0.05, 0.1) is 9.26 Å². The van der Waals surface area contributed by atoms with Crippen molar-refractivity contribution >= 4 is 34.2 Å². The van der Waals surface area contributed by atoms with Crippen molar-refractivity contribution in [3.05, 3.63) is 21.5 Å². The molecule has 76 valence electrons. The van der Waals surface area contributed by atoms with Gasteiger partial charge >= 0.3 is 5.97 Å². The number of halogens is 1. The Balaban J connectivity index is 2.87. The van der Waals surface area contributed by atoms with Gasteiger partial charge in [-0.05, 0) is 28.2 Å². The van der Waals surface area contributed by atoms with Crippen LogP contribution in [0, 0.1) is 3.57 Å². The van der Waals surface area contributed by atoms with Crippen molar-refractivity contribution in [2.45, 2.75) is 12.5 Å². The molecular formula is C8H10IN3O2. The van der Waals surface area contributed by atoms with Gasteiger partial charge in [0.1, 0.15) is 6.04 Å². The van der Waals surface area contributed by atoms with E-state index in [4.69, 9.17) is 16.6 Å². The van der Waals surface area contributed by atoms with Gasteiger partial charge in [-0.1, -0.05) is 0 Å². The maximum absolute atomic E-state index is 10.5. The smallest absolute Gasteiger partial charge is 0.320 e. The lowest BCUT2D eigenvalue weighted by Crippen LogP contribution is -2.32. The van der Waals surface area contributed by atoms with Gasteiger partial charge in [0.15, 0.2) is 0 Å². The average molecular weight is 307 g/mol. The standard InChI is InChI=1S/C8H10IN3O2/c9-5-3-12-2-4(7(5)11)1-6(10)8(13)14/h2-3,6H,1,10H2,(H2,11,12)(H,13,14). The number of hydrogen-bond acceptors (Lipinski definition) is 4. The van der Waals surface area contributed by atoms with Crippen LogP contribution in [0.25, 0.3) is 0 Å². The van der Waals surface area contributed by atoms with Gasteiger partial charge in [-0.2, -0.15) is 0 Å². The lowest BCUT2D eigenvalue weighted by Gasteiger charge is -2.09. The number of carboxylic acid groups (broad SMARTS) is 1. The summed E-state index contributed by atoms with van der Waals surface area (Å²) < 4.78 is 0.803. The number of nitrogens with two attached hydrogens (primary N) is 2. The van der Waals surface area contributed by atoms with Crippen LogP contribution in [-0.2, 0) is 11.2 Å². The van der Waals surface area contributed by atoms with Crippen LogP contribution in [0.4, 0.5) is 5.69 Å². The van der Waals surface area contributed by atoms with Crippen LogP contribution in [0.5, 0.6) is 0 Å². The number of pyridine rings is 1. The fourth-order valence-electron chi connectivity index (χ4n) is 0.972. The van der Waals surface area contributed by atoms with Crippen LogP contribution in [0.3, 0.4) is 0 Å². The largest absolute Gasteiger partial charge is 0.480 e. The molecule has 0 amide bonds. The first kappa shape index (κ1) is 11.2. The zero-order valence-corrected chi connectivity index (χ0v) is 9.43. The number of aromatic nitrogens is 1. The molecule has 0 aromatic carbocycles. The molecule has 1 unspecified atom stereocenters. The highest BCUT2D eigenvalue weighted by atomic mass is 127. The van der Waals surface area contributed by atoms with Crippen LogP contribution < -0.4 is 11.5 Å². The van der Waals surface area contributed by atoms with Crippen molar-refractivity contribution in [2.24, 2.45) is 5.73 Å². The van der Waals surface area contributed by atoms with Gasteiger partial charge in [0.25, 0.3) is 0 Å². The third-order valence-electron chi connectivity index (χ3n) is 1.78. The van der Waals surface area contributed by atoms with Gasteiger partial charge in [-0.25, -0.2) is 0 Å². The van der Waals surface area contributed by atoms with E-state index < -0.39 is 12.0 Å². The highest BCUT2D eigenvalue weighted by Gasteiger charge is 2.14. The van der Waals surface area contributed by atoms with E-state index in [-0.39, 0.29) is 6.42 Å². The molecule has 5 N–H and O–H groups in total. The molecule has 0 aliphatic heterocycles. The number of rotatable bonds is 3. The number of carbonyl (C=O) groups is 1. The molecule has 14 heavy (non-hydrogen) atoms. The number of nitrogens with zero attached hydrogens (tertiary/aromatic N) is 1. The van der Waals surface area contributed by atoms with E-state index in [1.165, 1.54) is 0 Å². The van der Waals surface area contributed by atoms with Crippen molar-refractivity contribution in [2.75, 3.05) is 5.73 Å². The summed E-state index contributed by atoms with van der Waals surface area (Å²) in [6.45, 7) is 0. The lowest BCUT2D eigenvalue weighted by atomic mass is 10.1. The van der Waals surface area contributed by atoms with E-state index in [2.05, 4.69) is 4.98 Å². The van der Waals surface area contributed by atoms with Gasteiger partial charge in [0.2, 0.25) is 0 Å². The minimum absolute atomic E-state index is 0.199. The molecule has 6 heteroatoms. The van der Waals surface area contributed by atoms with Crippen LogP contribution >= 0.6 is 22.6 Å². The molecule has 0 aliphatic rings. The molecule has 1 atom stereocenters. The Morgan fingerprint density at radius 1 is 1.64 bits per heavy atom. The Kier molecular flexibility index (Phi) is 3.64. The highest BCUT2D eigenvalue weighted by Crippen LogP contribution is 2.18. The Hall–Kier alpha value is -0.890. The SMILES string of the molecule is Nc1c(I)cncc1CC(N)C(=O)O. The highest BCUT2D eigenvalue weighted by molar-refractivity contribution is 14.1. The number of anilines is 1. The summed E-state index contributed by atoms with van der Waals surface area (Å²) in [6.07, 6.45) is 3.36. The van der Waals surface area contributed by atoms with Gasteiger partial charge in [-0.15, -0.1) is 0 Å². The second-order valence-electron chi connectivity index (χ2n) is 2.84. The van der Waals surface area contributed by atoms with Crippen LogP contribution in [0.2, 0.25) is 0 Å². The number of aliphatic carboxylic acids is 1. The number of nitrogen functional groups attached to an aromatic ring is 1. The molecule has 0 spiro atoms. The first-order chi connectivity index (χ1) is 6.52. The Morgan fingerprint density at radius 3 is 2.86 bits per heavy atom. The molecule has 1 heterocycles. The summed E-state index contributed by atoms with van der Waals surface area (Å²) in [6, 6.07) is -0.933. The molecular weight excluding hydrogens is 297 g/mol.